The SMILES string of the molecule is C.CCOC(=O)c1cc(-c2ccc(F)cc2F)c2c(n1)C1CCC(C2)O1.CCOC(=O)c1cc(Cl)c2c(n1)C1CCC(C2)O1. The summed E-state index contributed by atoms with van der Waals surface area (Å²) in [6.45, 7) is 4.03. The van der Waals surface area contributed by atoms with Crippen molar-refractivity contribution in [3.8, 4) is 11.1 Å². The summed E-state index contributed by atoms with van der Waals surface area (Å²) in [4.78, 5) is 32.7. The van der Waals surface area contributed by atoms with E-state index in [-0.39, 0.29) is 55.4 Å². The fourth-order valence-corrected chi connectivity index (χ4v) is 6.51. The van der Waals surface area contributed by atoms with Gasteiger partial charge in [-0.05, 0) is 80.5 Å². The van der Waals surface area contributed by atoms with Crippen LogP contribution in [-0.4, -0.2) is 47.3 Å². The van der Waals surface area contributed by atoms with Crippen LogP contribution in [0.2, 0.25) is 5.02 Å². The molecule has 4 aliphatic rings. The number of fused-ring (bicyclic) bond motifs is 8. The minimum Gasteiger partial charge on any atom is -0.461 e. The van der Waals surface area contributed by atoms with Gasteiger partial charge in [0.2, 0.25) is 0 Å². The Morgan fingerprint density at radius 2 is 1.36 bits per heavy atom. The topological polar surface area (TPSA) is 96.8 Å². The van der Waals surface area contributed by atoms with E-state index in [1.165, 1.54) is 18.2 Å². The maximum absolute atomic E-state index is 14.4. The predicted octanol–water partition coefficient (Wildman–Crippen LogP) is 7.30. The molecule has 2 fully saturated rings. The van der Waals surface area contributed by atoms with E-state index in [0.717, 1.165) is 55.0 Å². The number of esters is 2. The summed E-state index contributed by atoms with van der Waals surface area (Å²) in [6.07, 6.45) is 5.25. The normalized spacial score (nSPS) is 22.1. The van der Waals surface area contributed by atoms with Gasteiger partial charge in [-0.25, -0.2) is 28.3 Å². The van der Waals surface area contributed by atoms with Crippen LogP contribution in [0.25, 0.3) is 11.1 Å². The molecule has 4 unspecified atom stereocenters. The largest absolute Gasteiger partial charge is 0.461 e. The predicted molar refractivity (Wildman–Crippen MR) is 159 cm³/mol. The second kappa shape index (κ2) is 13.3. The van der Waals surface area contributed by atoms with Gasteiger partial charge < -0.3 is 18.9 Å². The molecule has 0 aliphatic carbocycles. The molecule has 234 valence electrons. The van der Waals surface area contributed by atoms with E-state index in [1.807, 2.05) is 0 Å². The molecule has 8 nitrogen and oxygen atoms in total. The maximum Gasteiger partial charge on any atom is 0.356 e. The number of aromatic nitrogens is 2. The van der Waals surface area contributed by atoms with Gasteiger partial charge in [0.25, 0.3) is 0 Å². The zero-order valence-electron chi connectivity index (χ0n) is 23.8. The number of carbonyl (C=O) groups is 2. The number of hydrogen-bond acceptors (Lipinski definition) is 8. The summed E-state index contributed by atoms with van der Waals surface area (Å²) < 4.78 is 49.4. The van der Waals surface area contributed by atoms with Crippen molar-refractivity contribution >= 4 is 23.5 Å². The number of halogens is 3. The lowest BCUT2D eigenvalue weighted by Crippen LogP contribution is -2.22. The molecule has 2 aromatic heterocycles. The highest BCUT2D eigenvalue weighted by molar-refractivity contribution is 6.31. The van der Waals surface area contributed by atoms with Crippen molar-refractivity contribution in [1.29, 1.82) is 0 Å². The second-order valence-electron chi connectivity index (χ2n) is 10.9. The molecule has 0 N–H and O–H groups in total. The fraction of sp³-hybridized carbons (Fsp3) is 0.455. The Hall–Kier alpha value is -3.47. The number of hydrogen-bond donors (Lipinski definition) is 0. The van der Waals surface area contributed by atoms with Crippen LogP contribution in [0.1, 0.15) is 103 Å². The molecule has 0 spiro atoms. The van der Waals surface area contributed by atoms with Crippen LogP contribution in [-0.2, 0) is 31.8 Å². The number of rotatable bonds is 5. The van der Waals surface area contributed by atoms with E-state index in [9.17, 15) is 18.4 Å². The van der Waals surface area contributed by atoms with Gasteiger partial charge in [-0.1, -0.05) is 19.0 Å². The van der Waals surface area contributed by atoms with Crippen LogP contribution in [0.3, 0.4) is 0 Å². The van der Waals surface area contributed by atoms with E-state index in [4.69, 9.17) is 30.5 Å². The molecule has 6 heterocycles. The molecule has 1 aromatic carbocycles. The van der Waals surface area contributed by atoms with Crippen LogP contribution in [0.15, 0.2) is 30.3 Å². The Morgan fingerprint density at radius 1 is 0.818 bits per heavy atom. The van der Waals surface area contributed by atoms with Crippen molar-refractivity contribution in [2.45, 2.75) is 84.2 Å². The Bertz CT molecular complexity index is 1580. The highest BCUT2D eigenvalue weighted by Crippen LogP contribution is 2.44. The van der Waals surface area contributed by atoms with Crippen LogP contribution in [0.5, 0.6) is 0 Å². The molecular formula is C33H35ClF2N2O6. The lowest BCUT2D eigenvalue weighted by atomic mass is 9.92. The average Bonchev–Trinajstić information content (AvgIpc) is 3.57. The molecule has 4 aliphatic heterocycles. The standard InChI is InChI=1S/C19H17F2NO3.C13H14ClNO3.CH4/c1-2-24-19(23)16-9-13(12-5-3-10(20)7-15(12)21)14-8-11-4-6-17(25-11)18(14)22-16;1-2-17-13(16)10-6-9(14)8-5-7-3-4-11(18-7)12(8)15-10;/h3,5,7,9,11,17H,2,4,6,8H2,1H3;6-7,11H,2-5H2,1H3;1H4. The number of carbonyl (C=O) groups excluding carboxylic acids is 2. The Labute approximate surface area is 260 Å². The van der Waals surface area contributed by atoms with E-state index < -0.39 is 23.6 Å². The van der Waals surface area contributed by atoms with Crippen molar-refractivity contribution in [1.82, 2.24) is 9.97 Å². The molecule has 0 amide bonds. The van der Waals surface area contributed by atoms with Crippen molar-refractivity contribution < 1.29 is 37.3 Å². The van der Waals surface area contributed by atoms with Gasteiger partial charge in [0.05, 0.1) is 36.8 Å². The molecule has 44 heavy (non-hydrogen) atoms. The molecule has 4 atom stereocenters. The average molecular weight is 629 g/mol. The van der Waals surface area contributed by atoms with Crippen LogP contribution in [0, 0.1) is 11.6 Å². The second-order valence-corrected chi connectivity index (χ2v) is 11.3. The van der Waals surface area contributed by atoms with Gasteiger partial charge in [-0.3, -0.25) is 0 Å². The third-order valence-corrected chi connectivity index (χ3v) is 8.47. The Morgan fingerprint density at radius 3 is 1.93 bits per heavy atom. The van der Waals surface area contributed by atoms with Gasteiger partial charge in [-0.15, -0.1) is 0 Å². The van der Waals surface area contributed by atoms with Crippen LogP contribution in [0.4, 0.5) is 8.78 Å². The minimum absolute atomic E-state index is 0. The zero-order chi connectivity index (χ0) is 30.2. The number of pyridine rings is 2. The smallest absolute Gasteiger partial charge is 0.356 e. The quantitative estimate of drug-likeness (QED) is 0.272. The Kier molecular flexibility index (Phi) is 9.62. The lowest BCUT2D eigenvalue weighted by molar-refractivity contribution is 0.0287. The molecule has 11 heteroatoms. The van der Waals surface area contributed by atoms with Crippen molar-refractivity contribution in [3.63, 3.8) is 0 Å². The van der Waals surface area contributed by atoms with E-state index >= 15 is 0 Å². The summed E-state index contributed by atoms with van der Waals surface area (Å²) in [6, 6.07) is 6.59. The molecule has 0 radical (unpaired) electrons. The molecule has 7 rings (SSSR count). The summed E-state index contributed by atoms with van der Waals surface area (Å²) in [7, 11) is 0. The van der Waals surface area contributed by atoms with Gasteiger partial charge in [0, 0.05) is 29.5 Å². The summed E-state index contributed by atoms with van der Waals surface area (Å²) in [5, 5.41) is 0.600. The van der Waals surface area contributed by atoms with Crippen LogP contribution < -0.4 is 0 Å². The first kappa shape index (κ1) is 31.9. The van der Waals surface area contributed by atoms with Gasteiger partial charge in [-0.2, -0.15) is 0 Å². The third kappa shape index (κ3) is 6.20. The van der Waals surface area contributed by atoms with Gasteiger partial charge >= 0.3 is 11.9 Å². The van der Waals surface area contributed by atoms with E-state index in [0.29, 0.717) is 29.3 Å². The monoisotopic (exact) mass is 628 g/mol. The molecule has 3 aromatic rings. The first-order valence-corrected chi connectivity index (χ1v) is 15.0. The van der Waals surface area contributed by atoms with Gasteiger partial charge in [0.1, 0.15) is 35.2 Å². The summed E-state index contributed by atoms with van der Waals surface area (Å²) in [5.74, 6) is -2.29. The third-order valence-electron chi connectivity index (χ3n) is 8.14. The summed E-state index contributed by atoms with van der Waals surface area (Å²) >= 11 is 6.25. The first-order valence-electron chi connectivity index (χ1n) is 14.6. The molecule has 2 saturated heterocycles. The van der Waals surface area contributed by atoms with Crippen molar-refractivity contribution in [3.05, 3.63) is 80.9 Å². The van der Waals surface area contributed by atoms with E-state index in [1.54, 1.807) is 19.9 Å². The fourth-order valence-electron chi connectivity index (χ4n) is 6.24. The highest BCUT2D eigenvalue weighted by atomic mass is 35.5. The summed E-state index contributed by atoms with van der Waals surface area (Å²) in [5.41, 5.74) is 4.60. The number of benzene rings is 1. The van der Waals surface area contributed by atoms with Crippen molar-refractivity contribution in [2.24, 2.45) is 0 Å². The van der Waals surface area contributed by atoms with E-state index in [2.05, 4.69) is 9.97 Å². The number of nitrogens with zero attached hydrogens (tertiary/aromatic N) is 2. The zero-order valence-corrected chi connectivity index (χ0v) is 24.6. The first-order chi connectivity index (χ1) is 20.7. The molecular weight excluding hydrogens is 594 g/mol. The minimum atomic E-state index is -0.665. The van der Waals surface area contributed by atoms with Crippen LogP contribution >= 0.6 is 11.6 Å². The maximum atomic E-state index is 14.4. The van der Waals surface area contributed by atoms with Gasteiger partial charge in [0.15, 0.2) is 0 Å². The van der Waals surface area contributed by atoms with Crippen molar-refractivity contribution in [2.75, 3.05) is 13.2 Å². The lowest BCUT2D eigenvalue weighted by Gasteiger charge is -2.26. The number of ether oxygens (including phenoxy) is 4. The Balaban J connectivity index is 0.000000179. The molecule has 4 bridgehead atoms. The highest BCUT2D eigenvalue weighted by Gasteiger charge is 2.38. The molecule has 0 saturated carbocycles.